The molecule has 7 nitrogen and oxygen atoms in total. The van der Waals surface area contributed by atoms with Crippen LogP contribution in [0.1, 0.15) is 33.6 Å². The van der Waals surface area contributed by atoms with Gasteiger partial charge in [-0.15, -0.1) is 0 Å². The molecule has 2 bridgehead atoms. The van der Waals surface area contributed by atoms with Crippen LogP contribution in [0.4, 0.5) is 0 Å². The molecule has 0 aromatic heterocycles. The van der Waals surface area contributed by atoms with Crippen LogP contribution in [0.25, 0.3) is 0 Å². The van der Waals surface area contributed by atoms with Gasteiger partial charge >= 0.3 is 17.9 Å². The van der Waals surface area contributed by atoms with E-state index in [-0.39, 0.29) is 11.1 Å². The highest BCUT2D eigenvalue weighted by Gasteiger charge is 2.49. The van der Waals surface area contributed by atoms with Crippen LogP contribution in [-0.2, 0) is 28.6 Å². The number of hydrogen-bond acceptors (Lipinski definition) is 7. The molecule has 3 unspecified atom stereocenters. The van der Waals surface area contributed by atoms with Crippen molar-refractivity contribution in [2.24, 2.45) is 0 Å². The van der Waals surface area contributed by atoms with Crippen molar-refractivity contribution >= 4 is 17.9 Å². The Bertz CT molecular complexity index is 727. The Morgan fingerprint density at radius 3 is 2.71 bits per heavy atom. The molecule has 7 heteroatoms. The predicted octanol–water partition coefficient (Wildman–Crippen LogP) is 1.07. The van der Waals surface area contributed by atoms with Gasteiger partial charge in [0.25, 0.3) is 5.79 Å². The lowest BCUT2D eigenvalue weighted by molar-refractivity contribution is -0.170. The molecule has 0 fully saturated rings. The van der Waals surface area contributed by atoms with Crippen LogP contribution >= 0.6 is 0 Å². The Hall–Kier alpha value is -2.41. The molecule has 0 spiro atoms. The fourth-order valence-electron chi connectivity index (χ4n) is 3.25. The van der Waals surface area contributed by atoms with Gasteiger partial charge in [0.1, 0.15) is 12.2 Å². The lowest BCUT2D eigenvalue weighted by Gasteiger charge is -2.27. The van der Waals surface area contributed by atoms with E-state index in [0.29, 0.717) is 24.0 Å². The minimum absolute atomic E-state index is 0.179. The fraction of sp³-hybridized carbons (Fsp3) is 0.471. The zero-order valence-electron chi connectivity index (χ0n) is 13.6. The third-order valence-electron chi connectivity index (χ3n) is 4.39. The third kappa shape index (κ3) is 2.65. The second-order valence-corrected chi connectivity index (χ2v) is 6.17. The number of fused-ring (bicyclic) bond motifs is 3. The quantitative estimate of drug-likeness (QED) is 0.435. The van der Waals surface area contributed by atoms with Crippen LogP contribution in [0.15, 0.2) is 34.4 Å². The molecule has 1 N–H and O–H groups in total. The Labute approximate surface area is 138 Å². The fourth-order valence-corrected chi connectivity index (χ4v) is 3.25. The van der Waals surface area contributed by atoms with Gasteiger partial charge in [0.15, 0.2) is 0 Å². The molecule has 0 aromatic carbocycles. The first-order valence-electron chi connectivity index (χ1n) is 7.66. The van der Waals surface area contributed by atoms with Crippen LogP contribution in [0, 0.1) is 0 Å². The first kappa shape index (κ1) is 16.4. The summed E-state index contributed by atoms with van der Waals surface area (Å²) >= 11 is 0. The van der Waals surface area contributed by atoms with E-state index < -0.39 is 35.9 Å². The number of hydrogen-bond donors (Lipinski definition) is 1. The van der Waals surface area contributed by atoms with Gasteiger partial charge in [-0.05, 0) is 44.4 Å². The summed E-state index contributed by atoms with van der Waals surface area (Å²) in [5.74, 6) is -3.70. The van der Waals surface area contributed by atoms with Gasteiger partial charge in [-0.3, -0.25) is 4.79 Å². The molecule has 0 amide bonds. The highest BCUT2D eigenvalue weighted by Crippen LogP contribution is 2.40. The second-order valence-electron chi connectivity index (χ2n) is 6.17. The van der Waals surface area contributed by atoms with Crippen molar-refractivity contribution in [2.45, 2.75) is 51.6 Å². The molecule has 0 radical (unpaired) electrons. The maximum Gasteiger partial charge on any atom is 0.337 e. The molecular formula is C17H18O7. The molecule has 0 saturated heterocycles. The summed E-state index contributed by atoms with van der Waals surface area (Å²) in [4.78, 5) is 35.3. The molecular weight excluding hydrogens is 316 g/mol. The number of esters is 3. The van der Waals surface area contributed by atoms with Gasteiger partial charge in [0.05, 0.1) is 5.57 Å². The van der Waals surface area contributed by atoms with Gasteiger partial charge in [0, 0.05) is 18.1 Å². The maximum atomic E-state index is 12.0. The topological polar surface area (TPSA) is 99.1 Å². The molecule has 3 rings (SSSR count). The predicted molar refractivity (Wildman–Crippen MR) is 80.2 cm³/mol. The summed E-state index contributed by atoms with van der Waals surface area (Å²) in [7, 11) is 0. The third-order valence-corrected chi connectivity index (χ3v) is 4.39. The summed E-state index contributed by atoms with van der Waals surface area (Å²) < 4.78 is 15.7. The smallest absolute Gasteiger partial charge is 0.337 e. The van der Waals surface area contributed by atoms with Crippen molar-refractivity contribution in [1.82, 2.24) is 0 Å². The van der Waals surface area contributed by atoms with E-state index in [4.69, 9.17) is 14.2 Å². The Kier molecular flexibility index (Phi) is 3.83. The summed E-state index contributed by atoms with van der Waals surface area (Å²) in [6.07, 6.45) is 2.15. The first-order valence-corrected chi connectivity index (χ1v) is 7.66. The monoisotopic (exact) mass is 334 g/mol. The normalized spacial score (nSPS) is 34.7. The lowest BCUT2D eigenvalue weighted by atomic mass is 9.91. The summed E-state index contributed by atoms with van der Waals surface area (Å²) in [6, 6.07) is 0. The highest BCUT2D eigenvalue weighted by molar-refractivity contribution is 5.95. The van der Waals surface area contributed by atoms with Crippen molar-refractivity contribution in [3.63, 3.8) is 0 Å². The van der Waals surface area contributed by atoms with E-state index in [2.05, 4.69) is 0 Å². The molecule has 2 aliphatic heterocycles. The number of aliphatic hydroxyl groups is 1. The van der Waals surface area contributed by atoms with Crippen molar-refractivity contribution < 1.29 is 33.7 Å². The molecule has 0 saturated carbocycles. The summed E-state index contributed by atoms with van der Waals surface area (Å²) in [6.45, 7) is 4.46. The van der Waals surface area contributed by atoms with E-state index in [1.807, 2.05) is 0 Å². The van der Waals surface area contributed by atoms with Gasteiger partial charge in [-0.25, -0.2) is 9.59 Å². The van der Waals surface area contributed by atoms with E-state index >= 15 is 0 Å². The molecule has 24 heavy (non-hydrogen) atoms. The molecule has 3 aliphatic rings. The average Bonchev–Trinajstić information content (AvgIpc) is 2.91. The maximum absolute atomic E-state index is 12.0. The Balaban J connectivity index is 2.11. The Morgan fingerprint density at radius 2 is 2.04 bits per heavy atom. The Morgan fingerprint density at radius 1 is 1.33 bits per heavy atom. The van der Waals surface area contributed by atoms with Crippen LogP contribution in [0.5, 0.6) is 0 Å². The minimum atomic E-state index is -2.03. The minimum Gasteiger partial charge on any atom is -0.458 e. The standard InChI is InChI=1S/C17H18O7/c1-8-7-17(21)14(9(2)15(19)24-17)13-6-11(16(20)23-13)4-5-12(8)22-10(3)18/h6-7,12-13,21H,4-5H2,1-3H3/b8-7+. The lowest BCUT2D eigenvalue weighted by Crippen LogP contribution is -2.35. The van der Waals surface area contributed by atoms with Crippen molar-refractivity contribution in [3.8, 4) is 0 Å². The number of carbonyl (C=O) groups is 3. The second kappa shape index (κ2) is 5.59. The number of ether oxygens (including phenoxy) is 3. The zero-order chi connectivity index (χ0) is 17.6. The largest absolute Gasteiger partial charge is 0.458 e. The van der Waals surface area contributed by atoms with Gasteiger partial charge in [-0.2, -0.15) is 0 Å². The van der Waals surface area contributed by atoms with Crippen molar-refractivity contribution in [1.29, 1.82) is 0 Å². The first-order chi connectivity index (χ1) is 11.2. The van der Waals surface area contributed by atoms with Crippen LogP contribution in [0.3, 0.4) is 0 Å². The van der Waals surface area contributed by atoms with E-state index in [0.717, 1.165) is 0 Å². The molecule has 0 aromatic rings. The molecule has 128 valence electrons. The van der Waals surface area contributed by atoms with Crippen molar-refractivity contribution in [3.05, 3.63) is 34.4 Å². The summed E-state index contributed by atoms with van der Waals surface area (Å²) in [5.41, 5.74) is 1.33. The highest BCUT2D eigenvalue weighted by atomic mass is 16.7. The van der Waals surface area contributed by atoms with E-state index in [1.54, 1.807) is 13.0 Å². The van der Waals surface area contributed by atoms with Gasteiger partial charge < -0.3 is 19.3 Å². The SMILES string of the molecule is CC(=O)OC1CCC2=CC(OC2=O)C2=C(C)C(=O)OC2(O)/C=C/1C. The van der Waals surface area contributed by atoms with Crippen LogP contribution in [0.2, 0.25) is 0 Å². The zero-order valence-corrected chi connectivity index (χ0v) is 13.6. The van der Waals surface area contributed by atoms with Crippen LogP contribution < -0.4 is 0 Å². The molecule has 3 atom stereocenters. The van der Waals surface area contributed by atoms with Crippen molar-refractivity contribution in [2.75, 3.05) is 0 Å². The van der Waals surface area contributed by atoms with Gasteiger partial charge in [-0.1, -0.05) is 0 Å². The number of rotatable bonds is 1. The van der Waals surface area contributed by atoms with E-state index in [1.165, 1.54) is 19.9 Å². The van der Waals surface area contributed by atoms with Gasteiger partial charge in [0.2, 0.25) is 0 Å². The van der Waals surface area contributed by atoms with E-state index in [9.17, 15) is 19.5 Å². The molecule has 2 heterocycles. The number of carbonyl (C=O) groups excluding carboxylic acids is 3. The molecule has 1 aliphatic carbocycles. The van der Waals surface area contributed by atoms with Crippen LogP contribution in [-0.4, -0.2) is 41.0 Å². The average molecular weight is 334 g/mol. The summed E-state index contributed by atoms with van der Waals surface area (Å²) in [5, 5.41) is 10.9.